The Hall–Kier alpha value is -1.50. The van der Waals surface area contributed by atoms with Crippen molar-refractivity contribution in [2.45, 2.75) is 6.42 Å². The second-order valence-electron chi connectivity index (χ2n) is 6.89. The maximum atomic E-state index is 9.43. The number of phenols is 1. The van der Waals surface area contributed by atoms with E-state index in [1.807, 2.05) is 0 Å². The van der Waals surface area contributed by atoms with Crippen LogP contribution < -0.4 is 11.1 Å². The average Bonchev–Trinajstić information content (AvgIpc) is 2.51. The summed E-state index contributed by atoms with van der Waals surface area (Å²) in [5, 5.41) is 12.6. The number of hydrogen-bond acceptors (Lipinski definition) is 5. The first kappa shape index (κ1) is 17.8. The number of aromatic hydroxyl groups is 1. The Bertz CT molecular complexity index is 483. The van der Waals surface area contributed by atoms with E-state index in [1.165, 1.54) is 26.2 Å². The molecule has 6 heteroatoms. The molecule has 1 saturated heterocycles. The molecule has 0 aromatic heterocycles. The number of nitrogen functional groups attached to an aromatic ring is 1. The molecule has 6 nitrogen and oxygen atoms in total. The fourth-order valence-electron chi connectivity index (χ4n) is 2.72. The lowest BCUT2D eigenvalue weighted by Crippen LogP contribution is -2.54. The van der Waals surface area contributed by atoms with Crippen molar-refractivity contribution >= 4 is 11.4 Å². The summed E-state index contributed by atoms with van der Waals surface area (Å²) < 4.78 is 6.80. The number of nitrogens with zero attached hydrogens (tertiary/aromatic N) is 2. The monoisotopic (exact) mass is 323 g/mol. The third kappa shape index (κ3) is 6.25. The minimum absolute atomic E-state index is 0.214. The number of nitrogens with two attached hydrogens (primary N) is 1. The van der Waals surface area contributed by atoms with E-state index in [0.29, 0.717) is 18.8 Å². The van der Waals surface area contributed by atoms with Crippen LogP contribution in [-0.4, -0.2) is 81.1 Å². The average molecular weight is 323 g/mol. The maximum absolute atomic E-state index is 9.43. The zero-order chi connectivity index (χ0) is 16.7. The number of phenolic OH excluding ortho intramolecular Hbond substituents is 1. The molecule has 0 amide bonds. The van der Waals surface area contributed by atoms with Crippen LogP contribution in [0.2, 0.25) is 0 Å². The molecule has 0 spiro atoms. The van der Waals surface area contributed by atoms with Crippen molar-refractivity contribution in [2.75, 3.05) is 77.6 Å². The first-order chi connectivity index (χ1) is 11.0. The Balaban J connectivity index is 1.51. The molecule has 0 bridgehead atoms. The van der Waals surface area contributed by atoms with Gasteiger partial charge in [-0.15, -0.1) is 0 Å². The number of ether oxygens (including phenoxy) is 1. The molecule has 0 unspecified atom stereocenters. The molecule has 1 aliphatic heterocycles. The summed E-state index contributed by atoms with van der Waals surface area (Å²) in [7, 11) is 4.60. The zero-order valence-electron chi connectivity index (χ0n) is 14.4. The molecule has 0 radical (unpaired) electrons. The van der Waals surface area contributed by atoms with Gasteiger partial charge in [-0.2, -0.15) is 0 Å². The molecule has 1 aromatic carbocycles. The number of nitrogens with one attached hydrogen (secondary N) is 1. The lowest BCUT2D eigenvalue weighted by atomic mass is 10.2. The minimum Gasteiger partial charge on any atom is -0.508 e. The van der Waals surface area contributed by atoms with Gasteiger partial charge in [0.1, 0.15) is 5.75 Å². The van der Waals surface area contributed by atoms with Crippen molar-refractivity contribution in [3.63, 3.8) is 0 Å². The third-order valence-electron chi connectivity index (χ3n) is 4.40. The zero-order valence-corrected chi connectivity index (χ0v) is 14.4. The highest BCUT2D eigenvalue weighted by atomic mass is 16.5. The first-order valence-corrected chi connectivity index (χ1v) is 8.41. The summed E-state index contributed by atoms with van der Waals surface area (Å²) in [4.78, 5) is 2.53. The van der Waals surface area contributed by atoms with Gasteiger partial charge in [0.05, 0.1) is 45.2 Å². The Morgan fingerprint density at radius 3 is 2.74 bits per heavy atom. The van der Waals surface area contributed by atoms with Crippen molar-refractivity contribution < 1.29 is 14.3 Å². The molecule has 0 saturated carbocycles. The highest BCUT2D eigenvalue weighted by molar-refractivity contribution is 5.67. The summed E-state index contributed by atoms with van der Waals surface area (Å²) in [6.07, 6.45) is 1.07. The van der Waals surface area contributed by atoms with Gasteiger partial charge < -0.3 is 25.4 Å². The van der Waals surface area contributed by atoms with Crippen LogP contribution in [0, 0.1) is 0 Å². The molecular weight excluding hydrogens is 292 g/mol. The lowest BCUT2D eigenvalue weighted by molar-refractivity contribution is -0.894. The Morgan fingerprint density at radius 2 is 2.00 bits per heavy atom. The molecule has 1 aromatic rings. The van der Waals surface area contributed by atoms with Gasteiger partial charge in [0.2, 0.25) is 0 Å². The van der Waals surface area contributed by atoms with Gasteiger partial charge in [0.15, 0.2) is 0 Å². The predicted octanol–water partition coefficient (Wildman–Crippen LogP) is 1.19. The van der Waals surface area contributed by atoms with Gasteiger partial charge in [-0.3, -0.25) is 4.90 Å². The highest BCUT2D eigenvalue weighted by Gasteiger charge is 2.23. The summed E-state index contributed by atoms with van der Waals surface area (Å²) in [6.45, 7) is 8.06. The standard InChI is InChI=1S/C17H30N4O2/c1-21(2)10-8-20(9-11-21)7-3-12-23-13-6-19-17-14-15(22)4-5-16(17)18/h4-5,14,19H,3,6-13,18H2,1-2H3/p+1. The fourth-order valence-corrected chi connectivity index (χ4v) is 2.72. The Kier molecular flexibility index (Phi) is 6.50. The van der Waals surface area contributed by atoms with Crippen LogP contribution in [-0.2, 0) is 4.74 Å². The van der Waals surface area contributed by atoms with E-state index in [4.69, 9.17) is 10.5 Å². The quantitative estimate of drug-likeness (QED) is 0.290. The van der Waals surface area contributed by atoms with E-state index in [0.717, 1.165) is 29.7 Å². The number of piperazine rings is 1. The third-order valence-corrected chi connectivity index (χ3v) is 4.40. The summed E-state index contributed by atoms with van der Waals surface area (Å²) in [5.74, 6) is 0.214. The van der Waals surface area contributed by atoms with E-state index < -0.39 is 0 Å². The Labute approximate surface area is 139 Å². The van der Waals surface area contributed by atoms with Gasteiger partial charge in [0.25, 0.3) is 0 Å². The van der Waals surface area contributed by atoms with E-state index in [9.17, 15) is 5.11 Å². The SMILES string of the molecule is C[N+]1(C)CCN(CCCOCCNc2cc(O)ccc2N)CC1. The van der Waals surface area contributed by atoms with Gasteiger partial charge in [-0.25, -0.2) is 0 Å². The normalized spacial score (nSPS) is 18.0. The van der Waals surface area contributed by atoms with Crippen molar-refractivity contribution in [1.29, 1.82) is 0 Å². The predicted molar refractivity (Wildman–Crippen MR) is 94.7 cm³/mol. The summed E-state index contributed by atoms with van der Waals surface area (Å²) in [5.41, 5.74) is 7.22. The molecule has 4 N–H and O–H groups in total. The number of quaternary nitrogens is 1. The number of anilines is 2. The van der Waals surface area contributed by atoms with Gasteiger partial charge in [0, 0.05) is 38.9 Å². The van der Waals surface area contributed by atoms with Crippen molar-refractivity contribution in [2.24, 2.45) is 0 Å². The van der Waals surface area contributed by atoms with Crippen LogP contribution in [0.15, 0.2) is 18.2 Å². The highest BCUT2D eigenvalue weighted by Crippen LogP contribution is 2.23. The van der Waals surface area contributed by atoms with Crippen LogP contribution in [0.4, 0.5) is 11.4 Å². The van der Waals surface area contributed by atoms with Crippen LogP contribution in [0.1, 0.15) is 6.42 Å². The van der Waals surface area contributed by atoms with E-state index >= 15 is 0 Å². The maximum Gasteiger partial charge on any atom is 0.117 e. The molecule has 1 heterocycles. The van der Waals surface area contributed by atoms with Gasteiger partial charge >= 0.3 is 0 Å². The van der Waals surface area contributed by atoms with E-state index in [-0.39, 0.29) is 5.75 Å². The second kappa shape index (κ2) is 8.38. The second-order valence-corrected chi connectivity index (χ2v) is 6.89. The molecule has 23 heavy (non-hydrogen) atoms. The van der Waals surface area contributed by atoms with Crippen LogP contribution >= 0.6 is 0 Å². The molecule has 2 rings (SSSR count). The molecule has 1 fully saturated rings. The van der Waals surface area contributed by atoms with Crippen LogP contribution in [0.5, 0.6) is 5.75 Å². The first-order valence-electron chi connectivity index (χ1n) is 8.41. The van der Waals surface area contributed by atoms with Crippen LogP contribution in [0.25, 0.3) is 0 Å². The minimum atomic E-state index is 0.214. The van der Waals surface area contributed by atoms with Crippen molar-refractivity contribution in [3.8, 4) is 5.75 Å². The van der Waals surface area contributed by atoms with E-state index in [2.05, 4.69) is 24.3 Å². The number of benzene rings is 1. The summed E-state index contributed by atoms with van der Waals surface area (Å²) >= 11 is 0. The summed E-state index contributed by atoms with van der Waals surface area (Å²) in [6, 6.07) is 4.90. The largest absolute Gasteiger partial charge is 0.508 e. The van der Waals surface area contributed by atoms with E-state index in [1.54, 1.807) is 18.2 Å². The molecule has 0 atom stereocenters. The van der Waals surface area contributed by atoms with Gasteiger partial charge in [-0.1, -0.05) is 0 Å². The van der Waals surface area contributed by atoms with Crippen molar-refractivity contribution in [3.05, 3.63) is 18.2 Å². The lowest BCUT2D eigenvalue weighted by Gasteiger charge is -2.39. The number of hydrogen-bond donors (Lipinski definition) is 3. The molecule has 0 aliphatic carbocycles. The Morgan fingerprint density at radius 1 is 1.26 bits per heavy atom. The molecule has 1 aliphatic rings. The molecule has 130 valence electrons. The molecular formula is C17H31N4O2+. The number of rotatable bonds is 8. The smallest absolute Gasteiger partial charge is 0.117 e. The van der Waals surface area contributed by atoms with Crippen molar-refractivity contribution in [1.82, 2.24) is 4.90 Å². The topological polar surface area (TPSA) is 70.8 Å². The van der Waals surface area contributed by atoms with Crippen LogP contribution in [0.3, 0.4) is 0 Å². The number of likely N-dealkylation sites (N-methyl/N-ethyl adjacent to an activating group) is 1. The van der Waals surface area contributed by atoms with Gasteiger partial charge in [-0.05, 0) is 18.6 Å². The fraction of sp³-hybridized carbons (Fsp3) is 0.647.